The minimum Gasteiger partial charge on any atom is -0.476 e. The highest BCUT2D eigenvalue weighted by Crippen LogP contribution is 2.36. The normalized spacial score (nSPS) is 15.7. The average Bonchev–Trinajstić information content (AvgIpc) is 2.52. The zero-order valence-electron chi connectivity index (χ0n) is 12.1. The third-order valence-electron chi connectivity index (χ3n) is 3.77. The van der Waals surface area contributed by atoms with Gasteiger partial charge in [-0.25, -0.2) is 4.98 Å². The van der Waals surface area contributed by atoms with Crippen LogP contribution in [0.5, 0.6) is 5.88 Å². The first-order chi connectivity index (χ1) is 10.2. The van der Waals surface area contributed by atoms with Gasteiger partial charge in [0.25, 0.3) is 5.88 Å². The summed E-state index contributed by atoms with van der Waals surface area (Å²) in [5.41, 5.74) is -0.237. The van der Waals surface area contributed by atoms with E-state index in [0.29, 0.717) is 6.54 Å². The molecule has 0 aliphatic heterocycles. The van der Waals surface area contributed by atoms with Crippen LogP contribution in [0.15, 0.2) is 6.33 Å². The van der Waals surface area contributed by atoms with Gasteiger partial charge in [-0.2, -0.15) is 4.98 Å². The summed E-state index contributed by atoms with van der Waals surface area (Å²) in [6.45, 7) is 0.228. The molecule has 0 atom stereocenters. The molecule has 116 valence electrons. The van der Waals surface area contributed by atoms with Crippen molar-refractivity contribution in [2.24, 2.45) is 0 Å². The third kappa shape index (κ3) is 3.38. The number of hydrogen-bond acceptors (Lipinski definition) is 7. The van der Waals surface area contributed by atoms with Crippen LogP contribution in [0.1, 0.15) is 32.1 Å². The van der Waals surface area contributed by atoms with E-state index >= 15 is 0 Å². The number of nitro groups is 1. The van der Waals surface area contributed by atoms with E-state index < -0.39 is 4.92 Å². The van der Waals surface area contributed by atoms with Gasteiger partial charge in [0, 0.05) is 12.6 Å². The van der Waals surface area contributed by atoms with Gasteiger partial charge in [0.15, 0.2) is 0 Å². The molecule has 0 saturated heterocycles. The van der Waals surface area contributed by atoms with Gasteiger partial charge in [0.05, 0.1) is 18.6 Å². The molecule has 0 bridgehead atoms. The van der Waals surface area contributed by atoms with Crippen LogP contribution in [0.25, 0.3) is 0 Å². The van der Waals surface area contributed by atoms with Crippen LogP contribution in [-0.4, -0.2) is 46.3 Å². The predicted molar refractivity (Wildman–Crippen MR) is 76.5 cm³/mol. The molecule has 1 saturated carbocycles. The molecule has 8 nitrogen and oxygen atoms in total. The van der Waals surface area contributed by atoms with Crippen LogP contribution in [0.3, 0.4) is 0 Å². The zero-order valence-corrected chi connectivity index (χ0v) is 12.1. The molecule has 0 aromatic carbocycles. The summed E-state index contributed by atoms with van der Waals surface area (Å²) < 4.78 is 4.98. The van der Waals surface area contributed by atoms with E-state index in [2.05, 4.69) is 9.97 Å². The Hall–Kier alpha value is -1.96. The standard InChI is InChI=1S/C13H20N4O4/c1-21-13-11(17(19)20)12(14-9-15-13)16(7-8-18)10-5-3-2-4-6-10/h9-10,18H,2-8H2,1H3. The molecule has 1 aliphatic rings. The van der Waals surface area contributed by atoms with Crippen LogP contribution >= 0.6 is 0 Å². The van der Waals surface area contributed by atoms with E-state index in [4.69, 9.17) is 4.74 Å². The number of ether oxygens (including phenoxy) is 1. The van der Waals surface area contributed by atoms with Crippen LogP contribution in [0.4, 0.5) is 11.5 Å². The number of nitrogens with zero attached hydrogens (tertiary/aromatic N) is 4. The second-order valence-electron chi connectivity index (χ2n) is 5.02. The van der Waals surface area contributed by atoms with Crippen molar-refractivity contribution < 1.29 is 14.8 Å². The lowest BCUT2D eigenvalue weighted by molar-refractivity contribution is -0.385. The number of rotatable bonds is 6. The molecule has 2 rings (SSSR count). The first kappa shape index (κ1) is 15.4. The summed E-state index contributed by atoms with van der Waals surface area (Å²) >= 11 is 0. The lowest BCUT2D eigenvalue weighted by Crippen LogP contribution is -2.39. The maximum atomic E-state index is 11.3. The number of aromatic nitrogens is 2. The summed E-state index contributed by atoms with van der Waals surface area (Å²) in [5.74, 6) is 0.177. The first-order valence-corrected chi connectivity index (χ1v) is 7.10. The van der Waals surface area contributed by atoms with Gasteiger partial charge in [-0.3, -0.25) is 10.1 Å². The molecule has 1 aliphatic carbocycles. The van der Waals surface area contributed by atoms with Crippen molar-refractivity contribution in [3.63, 3.8) is 0 Å². The molecule has 0 amide bonds. The Balaban J connectivity index is 2.41. The Kier molecular flexibility index (Phi) is 5.26. The fourth-order valence-electron chi connectivity index (χ4n) is 2.84. The van der Waals surface area contributed by atoms with Gasteiger partial charge >= 0.3 is 5.69 Å². The smallest absolute Gasteiger partial charge is 0.372 e. The Morgan fingerprint density at radius 2 is 2.14 bits per heavy atom. The van der Waals surface area contributed by atoms with Gasteiger partial charge in [-0.05, 0) is 12.8 Å². The Labute approximate surface area is 122 Å². The van der Waals surface area contributed by atoms with Crippen LogP contribution < -0.4 is 9.64 Å². The number of anilines is 1. The Morgan fingerprint density at radius 1 is 1.43 bits per heavy atom. The quantitative estimate of drug-likeness (QED) is 0.627. The predicted octanol–water partition coefficient (Wildman–Crippen LogP) is 1.52. The van der Waals surface area contributed by atoms with Crippen molar-refractivity contribution in [3.05, 3.63) is 16.4 Å². The molecule has 1 aromatic heterocycles. The summed E-state index contributed by atoms with van der Waals surface area (Å²) in [6.07, 6.45) is 6.51. The molecular formula is C13H20N4O4. The van der Waals surface area contributed by atoms with Crippen LogP contribution in [0, 0.1) is 10.1 Å². The summed E-state index contributed by atoms with van der Waals surface area (Å²) in [6, 6.07) is 0.157. The molecule has 1 heterocycles. The topological polar surface area (TPSA) is 102 Å². The van der Waals surface area contributed by atoms with E-state index in [1.165, 1.54) is 19.9 Å². The zero-order chi connectivity index (χ0) is 15.2. The van der Waals surface area contributed by atoms with Crippen molar-refractivity contribution in [2.45, 2.75) is 38.1 Å². The van der Waals surface area contributed by atoms with Gasteiger partial charge in [-0.1, -0.05) is 19.3 Å². The summed E-state index contributed by atoms with van der Waals surface area (Å²) in [4.78, 5) is 20.5. The second kappa shape index (κ2) is 7.16. The number of hydrogen-bond donors (Lipinski definition) is 1. The van der Waals surface area contributed by atoms with Gasteiger partial charge in [-0.15, -0.1) is 0 Å². The fourth-order valence-corrected chi connectivity index (χ4v) is 2.84. The van der Waals surface area contributed by atoms with E-state index in [9.17, 15) is 15.2 Å². The molecule has 8 heteroatoms. The Bertz CT molecular complexity index is 491. The van der Waals surface area contributed by atoms with Crippen molar-refractivity contribution in [1.29, 1.82) is 0 Å². The van der Waals surface area contributed by atoms with Gasteiger partial charge in [0.2, 0.25) is 5.82 Å². The third-order valence-corrected chi connectivity index (χ3v) is 3.77. The second-order valence-corrected chi connectivity index (χ2v) is 5.02. The monoisotopic (exact) mass is 296 g/mol. The molecule has 0 radical (unpaired) electrons. The number of aliphatic hydroxyl groups excluding tert-OH is 1. The first-order valence-electron chi connectivity index (χ1n) is 7.10. The SMILES string of the molecule is COc1ncnc(N(CCO)C2CCCCC2)c1[N+](=O)[O-]. The number of methoxy groups -OCH3 is 1. The van der Waals surface area contributed by atoms with Crippen molar-refractivity contribution in [2.75, 3.05) is 25.2 Å². The fraction of sp³-hybridized carbons (Fsp3) is 0.692. The summed E-state index contributed by atoms with van der Waals surface area (Å²) in [7, 11) is 1.34. The highest BCUT2D eigenvalue weighted by atomic mass is 16.6. The van der Waals surface area contributed by atoms with E-state index in [1.54, 1.807) is 0 Å². The van der Waals surface area contributed by atoms with E-state index in [1.807, 2.05) is 4.90 Å². The molecule has 1 aromatic rings. The average molecular weight is 296 g/mol. The largest absolute Gasteiger partial charge is 0.476 e. The lowest BCUT2D eigenvalue weighted by atomic mass is 9.94. The number of aliphatic hydroxyl groups is 1. The highest BCUT2D eigenvalue weighted by Gasteiger charge is 2.31. The highest BCUT2D eigenvalue weighted by molar-refractivity contribution is 5.63. The minimum atomic E-state index is -0.526. The maximum Gasteiger partial charge on any atom is 0.372 e. The molecule has 1 fully saturated rings. The molecule has 21 heavy (non-hydrogen) atoms. The minimum absolute atomic E-state index is 0.0521. The van der Waals surface area contributed by atoms with Crippen LogP contribution in [-0.2, 0) is 0 Å². The van der Waals surface area contributed by atoms with Crippen LogP contribution in [0.2, 0.25) is 0 Å². The lowest BCUT2D eigenvalue weighted by Gasteiger charge is -2.34. The molecule has 0 spiro atoms. The maximum absolute atomic E-state index is 11.3. The molecule has 0 unspecified atom stereocenters. The van der Waals surface area contributed by atoms with Crippen molar-refractivity contribution >= 4 is 11.5 Å². The Morgan fingerprint density at radius 3 is 2.71 bits per heavy atom. The van der Waals surface area contributed by atoms with E-state index in [0.717, 1.165) is 25.7 Å². The van der Waals surface area contributed by atoms with Crippen molar-refractivity contribution in [1.82, 2.24) is 9.97 Å². The van der Waals surface area contributed by atoms with Crippen molar-refractivity contribution in [3.8, 4) is 5.88 Å². The molecular weight excluding hydrogens is 276 g/mol. The van der Waals surface area contributed by atoms with Gasteiger partial charge in [0.1, 0.15) is 6.33 Å². The molecule has 1 N–H and O–H groups in total. The van der Waals surface area contributed by atoms with Gasteiger partial charge < -0.3 is 14.7 Å². The summed E-state index contributed by atoms with van der Waals surface area (Å²) in [5, 5.41) is 20.6. The van der Waals surface area contributed by atoms with E-state index in [-0.39, 0.29) is 30.0 Å².